The van der Waals surface area contributed by atoms with Gasteiger partial charge in [0.2, 0.25) is 0 Å². The Morgan fingerprint density at radius 2 is 2.00 bits per heavy atom. The molecule has 3 aliphatic rings. The molecule has 3 heteroatoms. The van der Waals surface area contributed by atoms with E-state index in [0.717, 1.165) is 24.7 Å². The van der Waals surface area contributed by atoms with Gasteiger partial charge < -0.3 is 5.11 Å². The van der Waals surface area contributed by atoms with Gasteiger partial charge in [0.25, 0.3) is 0 Å². The Kier molecular flexibility index (Phi) is 2.28. The van der Waals surface area contributed by atoms with Gasteiger partial charge in [0, 0.05) is 11.3 Å². The van der Waals surface area contributed by atoms with E-state index in [4.69, 9.17) is 5.10 Å². The van der Waals surface area contributed by atoms with E-state index < -0.39 is 0 Å². The lowest BCUT2D eigenvalue weighted by Gasteiger charge is -2.29. The second-order valence-corrected chi connectivity index (χ2v) is 7.42. The van der Waals surface area contributed by atoms with Gasteiger partial charge in [-0.1, -0.05) is 26.7 Å². The van der Waals surface area contributed by atoms with Crippen LogP contribution in [0.4, 0.5) is 0 Å². The molecule has 0 saturated heterocycles. The first kappa shape index (κ1) is 12.0. The van der Waals surface area contributed by atoms with Crippen molar-refractivity contribution < 1.29 is 5.11 Å². The number of rotatable bonds is 1. The number of hydrogen-bond donors (Lipinski definition) is 1. The first-order valence-electron chi connectivity index (χ1n) is 7.77. The molecule has 19 heavy (non-hydrogen) atoms. The number of aryl methyl sites for hydroxylation is 1. The maximum Gasteiger partial charge on any atom is 0.0781 e. The SMILES string of the molecule is Cc1nn([C@H]2CCCC[C@@H]2O)c2c1[C@H]1[C@@H](C2)C1(C)C. The summed E-state index contributed by atoms with van der Waals surface area (Å²) >= 11 is 0. The van der Waals surface area contributed by atoms with Crippen molar-refractivity contribution in [1.82, 2.24) is 9.78 Å². The minimum absolute atomic E-state index is 0.193. The zero-order valence-corrected chi connectivity index (χ0v) is 12.2. The lowest BCUT2D eigenvalue weighted by Crippen LogP contribution is -2.29. The summed E-state index contributed by atoms with van der Waals surface area (Å²) in [5.74, 6) is 1.56. The summed E-state index contributed by atoms with van der Waals surface area (Å²) in [6, 6.07) is 0.233. The predicted molar refractivity (Wildman–Crippen MR) is 74.2 cm³/mol. The van der Waals surface area contributed by atoms with Crippen LogP contribution < -0.4 is 0 Å². The van der Waals surface area contributed by atoms with Crippen molar-refractivity contribution >= 4 is 0 Å². The number of aliphatic hydroxyl groups excluding tert-OH is 1. The minimum atomic E-state index is -0.193. The normalized spacial score (nSPS) is 38.9. The zero-order valence-electron chi connectivity index (χ0n) is 12.2. The van der Waals surface area contributed by atoms with Gasteiger partial charge in [-0.2, -0.15) is 5.10 Å². The molecule has 4 rings (SSSR count). The van der Waals surface area contributed by atoms with Crippen molar-refractivity contribution in [2.45, 2.75) is 70.9 Å². The Morgan fingerprint density at radius 3 is 2.74 bits per heavy atom. The van der Waals surface area contributed by atoms with Crippen molar-refractivity contribution in [2.24, 2.45) is 11.3 Å². The fourth-order valence-corrected chi connectivity index (χ4v) is 4.77. The molecule has 0 spiro atoms. The van der Waals surface area contributed by atoms with Gasteiger partial charge in [-0.05, 0) is 43.4 Å². The summed E-state index contributed by atoms with van der Waals surface area (Å²) in [4.78, 5) is 0. The van der Waals surface area contributed by atoms with Crippen LogP contribution in [0, 0.1) is 18.3 Å². The highest BCUT2D eigenvalue weighted by atomic mass is 16.3. The molecular formula is C16H24N2O. The number of hydrogen-bond acceptors (Lipinski definition) is 2. The number of aromatic nitrogens is 2. The Balaban J connectivity index is 1.73. The van der Waals surface area contributed by atoms with E-state index >= 15 is 0 Å². The van der Waals surface area contributed by atoms with Crippen LogP contribution in [0.1, 0.15) is 68.4 Å². The average molecular weight is 260 g/mol. The fourth-order valence-electron chi connectivity index (χ4n) is 4.77. The largest absolute Gasteiger partial charge is 0.391 e. The van der Waals surface area contributed by atoms with Crippen LogP contribution >= 0.6 is 0 Å². The average Bonchev–Trinajstić information content (AvgIpc) is 2.71. The van der Waals surface area contributed by atoms with Crippen molar-refractivity contribution in [3.63, 3.8) is 0 Å². The van der Waals surface area contributed by atoms with E-state index in [-0.39, 0.29) is 12.1 Å². The van der Waals surface area contributed by atoms with Crippen molar-refractivity contribution in [2.75, 3.05) is 0 Å². The summed E-state index contributed by atoms with van der Waals surface area (Å²) in [7, 11) is 0. The number of fused-ring (bicyclic) bond motifs is 3. The molecule has 0 bridgehead atoms. The van der Waals surface area contributed by atoms with E-state index in [1.165, 1.54) is 36.2 Å². The predicted octanol–water partition coefficient (Wildman–Crippen LogP) is 2.96. The number of aliphatic hydroxyl groups is 1. The van der Waals surface area contributed by atoms with Crippen LogP contribution in [0.5, 0.6) is 0 Å². The molecule has 1 aromatic heterocycles. The number of nitrogens with zero attached hydrogens (tertiary/aromatic N) is 2. The monoisotopic (exact) mass is 260 g/mol. The van der Waals surface area contributed by atoms with Gasteiger partial charge in [-0.25, -0.2) is 0 Å². The molecule has 0 aromatic carbocycles. The molecule has 0 aliphatic heterocycles. The van der Waals surface area contributed by atoms with E-state index in [0.29, 0.717) is 5.41 Å². The molecule has 3 aliphatic carbocycles. The van der Waals surface area contributed by atoms with Gasteiger partial charge in [-0.3, -0.25) is 4.68 Å². The van der Waals surface area contributed by atoms with Crippen LogP contribution in [0.15, 0.2) is 0 Å². The molecule has 1 heterocycles. The van der Waals surface area contributed by atoms with Crippen molar-refractivity contribution in [1.29, 1.82) is 0 Å². The highest BCUT2D eigenvalue weighted by Gasteiger charge is 2.64. The second kappa shape index (κ2) is 3.63. The Hall–Kier alpha value is -0.830. The van der Waals surface area contributed by atoms with E-state index in [2.05, 4.69) is 25.5 Å². The lowest BCUT2D eigenvalue weighted by molar-refractivity contribution is 0.0677. The third kappa shape index (κ3) is 1.45. The molecular weight excluding hydrogens is 236 g/mol. The lowest BCUT2D eigenvalue weighted by atomic mass is 9.92. The summed E-state index contributed by atoms with van der Waals surface area (Å²) in [6.45, 7) is 6.93. The van der Waals surface area contributed by atoms with Gasteiger partial charge >= 0.3 is 0 Å². The van der Waals surface area contributed by atoms with Crippen molar-refractivity contribution in [3.8, 4) is 0 Å². The summed E-state index contributed by atoms with van der Waals surface area (Å²) in [5, 5.41) is 15.1. The first-order valence-corrected chi connectivity index (χ1v) is 7.77. The summed E-state index contributed by atoms with van der Waals surface area (Å²) < 4.78 is 2.21. The van der Waals surface area contributed by atoms with Crippen LogP contribution in [0.3, 0.4) is 0 Å². The topological polar surface area (TPSA) is 38.0 Å². The molecule has 2 saturated carbocycles. The molecule has 0 unspecified atom stereocenters. The van der Waals surface area contributed by atoms with Crippen LogP contribution in [0.25, 0.3) is 0 Å². The highest BCUT2D eigenvalue weighted by molar-refractivity contribution is 5.45. The minimum Gasteiger partial charge on any atom is -0.391 e. The van der Waals surface area contributed by atoms with Gasteiger partial charge in [-0.15, -0.1) is 0 Å². The fraction of sp³-hybridized carbons (Fsp3) is 0.812. The Morgan fingerprint density at radius 1 is 1.26 bits per heavy atom. The maximum atomic E-state index is 10.3. The van der Waals surface area contributed by atoms with Crippen LogP contribution in [-0.4, -0.2) is 21.0 Å². The smallest absolute Gasteiger partial charge is 0.0781 e. The quantitative estimate of drug-likeness (QED) is 0.843. The third-order valence-corrected chi connectivity index (χ3v) is 6.02. The molecule has 2 fully saturated rings. The molecule has 1 aromatic rings. The highest BCUT2D eigenvalue weighted by Crippen LogP contribution is 2.70. The van der Waals surface area contributed by atoms with Crippen LogP contribution in [-0.2, 0) is 6.42 Å². The van der Waals surface area contributed by atoms with E-state index in [9.17, 15) is 5.11 Å². The maximum absolute atomic E-state index is 10.3. The molecule has 4 atom stereocenters. The van der Waals surface area contributed by atoms with Gasteiger partial charge in [0.05, 0.1) is 17.8 Å². The molecule has 104 valence electrons. The summed E-state index contributed by atoms with van der Waals surface area (Å²) in [6.07, 6.45) is 5.41. The molecule has 1 N–H and O–H groups in total. The van der Waals surface area contributed by atoms with E-state index in [1.54, 1.807) is 0 Å². The first-order chi connectivity index (χ1) is 9.01. The summed E-state index contributed by atoms with van der Waals surface area (Å²) in [5.41, 5.74) is 4.66. The Bertz CT molecular complexity index is 531. The van der Waals surface area contributed by atoms with Gasteiger partial charge in [0.15, 0.2) is 0 Å². The molecule has 0 amide bonds. The second-order valence-electron chi connectivity index (χ2n) is 7.42. The van der Waals surface area contributed by atoms with Crippen molar-refractivity contribution in [3.05, 3.63) is 17.0 Å². The van der Waals surface area contributed by atoms with E-state index in [1.807, 2.05) is 0 Å². The third-order valence-electron chi connectivity index (χ3n) is 6.02. The van der Waals surface area contributed by atoms with Gasteiger partial charge in [0.1, 0.15) is 0 Å². The Labute approximate surface area is 115 Å². The van der Waals surface area contributed by atoms with Crippen LogP contribution in [0.2, 0.25) is 0 Å². The zero-order chi connectivity index (χ0) is 13.4. The molecule has 0 radical (unpaired) electrons. The molecule has 3 nitrogen and oxygen atoms in total. The standard InChI is InChI=1S/C16H24N2O/c1-9-14-12(8-10-15(14)16(10,2)3)18(17-9)11-6-4-5-7-13(11)19/h10-11,13,15,19H,4-8H2,1-3H3/t10-,11+,13+,15-/m1/s1.